The van der Waals surface area contributed by atoms with Crippen LogP contribution in [0.3, 0.4) is 0 Å². The van der Waals surface area contributed by atoms with Crippen molar-refractivity contribution in [3.63, 3.8) is 0 Å². The lowest BCUT2D eigenvalue weighted by molar-refractivity contribution is -0.384. The molecule has 21 heavy (non-hydrogen) atoms. The smallest absolute Gasteiger partial charge is 0.335 e. The molecule has 6 nitrogen and oxygen atoms in total. The number of rotatable bonds is 8. The molecule has 0 atom stereocenters. The number of carbonyl (C=O) groups is 1. The van der Waals surface area contributed by atoms with Crippen molar-refractivity contribution in [3.8, 4) is 0 Å². The monoisotopic (exact) mass is 294 g/mol. The average Bonchev–Trinajstić information content (AvgIpc) is 2.42. The lowest BCUT2D eigenvalue weighted by Gasteiger charge is -2.28. The van der Waals surface area contributed by atoms with E-state index in [2.05, 4.69) is 6.92 Å². The van der Waals surface area contributed by atoms with Gasteiger partial charge in [-0.2, -0.15) is 0 Å². The Balaban J connectivity index is 3.17. The van der Waals surface area contributed by atoms with Crippen LogP contribution in [0.1, 0.15) is 50.4 Å². The Labute approximate surface area is 124 Å². The number of hydrogen-bond acceptors (Lipinski definition) is 4. The van der Waals surface area contributed by atoms with Crippen LogP contribution >= 0.6 is 0 Å². The second kappa shape index (κ2) is 7.61. The molecule has 0 radical (unpaired) electrons. The van der Waals surface area contributed by atoms with Gasteiger partial charge in [0, 0.05) is 18.7 Å². The van der Waals surface area contributed by atoms with E-state index in [-0.39, 0.29) is 17.3 Å². The topological polar surface area (TPSA) is 83.7 Å². The fourth-order valence-corrected chi connectivity index (χ4v) is 2.23. The minimum atomic E-state index is -1.16. The van der Waals surface area contributed by atoms with Crippen LogP contribution in [0.25, 0.3) is 0 Å². The highest BCUT2D eigenvalue weighted by Crippen LogP contribution is 2.31. The van der Waals surface area contributed by atoms with Crippen LogP contribution in [-0.2, 0) is 0 Å². The largest absolute Gasteiger partial charge is 0.478 e. The molecule has 0 heterocycles. The van der Waals surface area contributed by atoms with E-state index in [1.807, 2.05) is 18.7 Å². The molecule has 0 saturated heterocycles. The molecule has 0 saturated carbocycles. The highest BCUT2D eigenvalue weighted by molar-refractivity contribution is 5.89. The standard InChI is InChI=1S/C15H22N2O4/c1-4-5-6-9-16(11(2)3)13-8-7-12(15(18)19)10-14(13)17(20)21/h7-8,10-11H,4-6,9H2,1-3H3,(H,18,19). The molecule has 0 aliphatic heterocycles. The van der Waals surface area contributed by atoms with Crippen LogP contribution in [-0.4, -0.2) is 28.6 Å². The van der Waals surface area contributed by atoms with Crippen molar-refractivity contribution < 1.29 is 14.8 Å². The molecule has 1 aromatic carbocycles. The van der Waals surface area contributed by atoms with Gasteiger partial charge in [-0.3, -0.25) is 10.1 Å². The molecule has 0 unspecified atom stereocenters. The van der Waals surface area contributed by atoms with Crippen LogP contribution in [0.5, 0.6) is 0 Å². The van der Waals surface area contributed by atoms with Gasteiger partial charge in [0.25, 0.3) is 5.69 Å². The Morgan fingerprint density at radius 2 is 2.05 bits per heavy atom. The Morgan fingerprint density at radius 3 is 2.52 bits per heavy atom. The fourth-order valence-electron chi connectivity index (χ4n) is 2.23. The summed E-state index contributed by atoms with van der Waals surface area (Å²) in [5, 5.41) is 20.2. The van der Waals surface area contributed by atoms with E-state index in [1.54, 1.807) is 0 Å². The summed E-state index contributed by atoms with van der Waals surface area (Å²) in [6.45, 7) is 6.77. The van der Waals surface area contributed by atoms with Gasteiger partial charge in [0.1, 0.15) is 5.69 Å². The Hall–Kier alpha value is -2.11. The normalized spacial score (nSPS) is 10.7. The van der Waals surface area contributed by atoms with E-state index in [0.717, 1.165) is 31.9 Å². The first-order valence-corrected chi connectivity index (χ1v) is 7.16. The molecular weight excluding hydrogens is 272 g/mol. The molecule has 1 aromatic rings. The number of aromatic carboxylic acids is 1. The van der Waals surface area contributed by atoms with Gasteiger partial charge in [0.05, 0.1) is 10.5 Å². The quantitative estimate of drug-likeness (QED) is 0.449. The molecule has 0 bridgehead atoms. The molecule has 116 valence electrons. The van der Waals surface area contributed by atoms with Crippen LogP contribution < -0.4 is 4.90 Å². The van der Waals surface area contributed by atoms with Gasteiger partial charge in [0.2, 0.25) is 0 Å². The van der Waals surface area contributed by atoms with E-state index in [0.29, 0.717) is 5.69 Å². The van der Waals surface area contributed by atoms with Gasteiger partial charge in [0.15, 0.2) is 0 Å². The maximum absolute atomic E-state index is 11.2. The maximum Gasteiger partial charge on any atom is 0.335 e. The van der Waals surface area contributed by atoms with Gasteiger partial charge >= 0.3 is 5.97 Å². The van der Waals surface area contributed by atoms with Crippen molar-refractivity contribution in [1.29, 1.82) is 0 Å². The first kappa shape index (κ1) is 16.9. The molecule has 0 aliphatic rings. The lowest BCUT2D eigenvalue weighted by atomic mass is 10.1. The van der Waals surface area contributed by atoms with Crippen LogP contribution in [0.15, 0.2) is 18.2 Å². The molecule has 0 fully saturated rings. The summed E-state index contributed by atoms with van der Waals surface area (Å²) in [5.74, 6) is -1.16. The lowest BCUT2D eigenvalue weighted by Crippen LogP contribution is -2.32. The molecule has 1 rings (SSSR count). The molecule has 0 aromatic heterocycles. The second-order valence-electron chi connectivity index (χ2n) is 5.26. The van der Waals surface area contributed by atoms with Crippen LogP contribution in [0, 0.1) is 10.1 Å². The van der Waals surface area contributed by atoms with Crippen molar-refractivity contribution in [1.82, 2.24) is 0 Å². The van der Waals surface area contributed by atoms with E-state index in [1.165, 1.54) is 12.1 Å². The zero-order chi connectivity index (χ0) is 16.0. The number of carboxylic acids is 1. The van der Waals surface area contributed by atoms with E-state index >= 15 is 0 Å². The third-order valence-electron chi connectivity index (χ3n) is 3.35. The van der Waals surface area contributed by atoms with Gasteiger partial charge in [-0.1, -0.05) is 19.8 Å². The number of benzene rings is 1. The van der Waals surface area contributed by atoms with E-state index < -0.39 is 10.9 Å². The molecule has 1 N–H and O–H groups in total. The molecule has 0 aliphatic carbocycles. The summed E-state index contributed by atoms with van der Waals surface area (Å²) in [7, 11) is 0. The SMILES string of the molecule is CCCCCN(c1ccc(C(=O)O)cc1[N+](=O)[O-])C(C)C. The van der Waals surface area contributed by atoms with Crippen molar-refractivity contribution >= 4 is 17.3 Å². The zero-order valence-electron chi connectivity index (χ0n) is 12.7. The zero-order valence-corrected chi connectivity index (χ0v) is 12.7. The molecule has 0 spiro atoms. The first-order valence-electron chi connectivity index (χ1n) is 7.16. The van der Waals surface area contributed by atoms with Gasteiger partial charge in [-0.05, 0) is 32.4 Å². The van der Waals surface area contributed by atoms with Gasteiger partial charge in [-0.15, -0.1) is 0 Å². The van der Waals surface area contributed by atoms with Crippen LogP contribution in [0.2, 0.25) is 0 Å². The summed E-state index contributed by atoms with van der Waals surface area (Å²) in [6, 6.07) is 4.19. The molecule has 6 heteroatoms. The third kappa shape index (κ3) is 4.44. The Bertz CT molecular complexity index is 514. The summed E-state index contributed by atoms with van der Waals surface area (Å²) in [4.78, 5) is 23.6. The summed E-state index contributed by atoms with van der Waals surface area (Å²) in [6.07, 6.45) is 3.09. The van der Waals surface area contributed by atoms with Crippen molar-refractivity contribution in [2.45, 2.75) is 46.1 Å². The number of carboxylic acid groups (broad SMARTS) is 1. The van der Waals surface area contributed by atoms with E-state index in [9.17, 15) is 14.9 Å². The summed E-state index contributed by atoms with van der Waals surface area (Å²) in [5.41, 5.74) is 0.263. The maximum atomic E-state index is 11.2. The highest BCUT2D eigenvalue weighted by Gasteiger charge is 2.23. The number of nitrogens with zero attached hydrogens (tertiary/aromatic N) is 2. The number of unbranched alkanes of at least 4 members (excludes halogenated alkanes) is 2. The highest BCUT2D eigenvalue weighted by atomic mass is 16.6. The summed E-state index contributed by atoms with van der Waals surface area (Å²) < 4.78 is 0. The first-order chi connectivity index (χ1) is 9.88. The van der Waals surface area contributed by atoms with Crippen LogP contribution in [0.4, 0.5) is 11.4 Å². The minimum absolute atomic E-state index is 0.0669. The number of anilines is 1. The van der Waals surface area contributed by atoms with Gasteiger partial charge < -0.3 is 10.0 Å². The Kier molecular flexibility index (Phi) is 6.14. The number of nitro groups is 1. The predicted molar refractivity (Wildman–Crippen MR) is 82.1 cm³/mol. The van der Waals surface area contributed by atoms with Crippen molar-refractivity contribution in [2.75, 3.05) is 11.4 Å². The number of nitro benzene ring substituents is 1. The summed E-state index contributed by atoms with van der Waals surface area (Å²) >= 11 is 0. The Morgan fingerprint density at radius 1 is 1.38 bits per heavy atom. The third-order valence-corrected chi connectivity index (χ3v) is 3.35. The van der Waals surface area contributed by atoms with Crippen molar-refractivity contribution in [2.24, 2.45) is 0 Å². The second-order valence-corrected chi connectivity index (χ2v) is 5.26. The molecule has 0 amide bonds. The van der Waals surface area contributed by atoms with Crippen molar-refractivity contribution in [3.05, 3.63) is 33.9 Å². The molecular formula is C15H22N2O4. The van der Waals surface area contributed by atoms with Gasteiger partial charge in [-0.25, -0.2) is 4.79 Å². The minimum Gasteiger partial charge on any atom is -0.478 e. The predicted octanol–water partition coefficient (Wildman–Crippen LogP) is 3.70. The number of hydrogen-bond donors (Lipinski definition) is 1. The average molecular weight is 294 g/mol. The fraction of sp³-hybridized carbons (Fsp3) is 0.533. The van der Waals surface area contributed by atoms with E-state index in [4.69, 9.17) is 5.11 Å².